The Labute approximate surface area is 588 Å². The first-order valence-corrected chi connectivity index (χ1v) is 42.7. The number of hydrogen-bond donors (Lipinski definition) is 3. The fraction of sp³-hybridized carbons (Fsp3) is 0.948. The van der Waals surface area contributed by atoms with Crippen LogP contribution in [-0.2, 0) is 65.4 Å². The molecular formula is C77H150O17P2. The van der Waals surface area contributed by atoms with Gasteiger partial charge in [0.2, 0.25) is 0 Å². The first kappa shape index (κ1) is 94.1. The lowest BCUT2D eigenvalue weighted by Gasteiger charge is -2.21. The predicted octanol–water partition coefficient (Wildman–Crippen LogP) is 22.4. The maximum absolute atomic E-state index is 13.1. The summed E-state index contributed by atoms with van der Waals surface area (Å²) in [5.74, 6) is 0.899. The minimum atomic E-state index is -4.96. The third-order valence-corrected chi connectivity index (χ3v) is 19.7. The Balaban J connectivity index is 5.21. The van der Waals surface area contributed by atoms with E-state index in [0.717, 1.165) is 114 Å². The molecule has 3 N–H and O–H groups in total. The van der Waals surface area contributed by atoms with Gasteiger partial charge in [0.1, 0.15) is 19.3 Å². The van der Waals surface area contributed by atoms with Crippen LogP contribution in [0.25, 0.3) is 0 Å². The molecule has 96 heavy (non-hydrogen) atoms. The largest absolute Gasteiger partial charge is 0.472 e. The summed E-state index contributed by atoms with van der Waals surface area (Å²) in [4.78, 5) is 72.8. The molecule has 0 aliphatic carbocycles. The van der Waals surface area contributed by atoms with E-state index in [2.05, 4.69) is 55.4 Å². The van der Waals surface area contributed by atoms with E-state index in [0.29, 0.717) is 31.6 Å². The molecule has 0 amide bonds. The van der Waals surface area contributed by atoms with E-state index in [9.17, 15) is 43.2 Å². The SMILES string of the molecule is CC(C)CCCCCCCCCCCCCCCCCCCCC(=O)O[C@H](COC(=O)CCCCCCCCCCCCC(C)C)COP(=O)(O)OCC(O)COP(=O)(O)OC[C@@H](COC(=O)CCCCCCCCCC(C)C)OC(=O)CCCCCCCCCCCC(C)C. The highest BCUT2D eigenvalue weighted by molar-refractivity contribution is 7.47. The van der Waals surface area contributed by atoms with Crippen LogP contribution in [0.15, 0.2) is 0 Å². The second-order valence-electron chi connectivity index (χ2n) is 29.7. The highest BCUT2D eigenvalue weighted by Crippen LogP contribution is 2.45. The quantitative estimate of drug-likeness (QED) is 0.0222. The van der Waals surface area contributed by atoms with Crippen LogP contribution in [0, 0.1) is 23.7 Å². The van der Waals surface area contributed by atoms with E-state index in [1.807, 2.05) is 0 Å². The van der Waals surface area contributed by atoms with Gasteiger partial charge in [-0.05, 0) is 49.4 Å². The Morgan fingerprint density at radius 2 is 0.438 bits per heavy atom. The van der Waals surface area contributed by atoms with Crippen molar-refractivity contribution in [3.8, 4) is 0 Å². The Bertz CT molecular complexity index is 1880. The first-order valence-electron chi connectivity index (χ1n) is 39.7. The van der Waals surface area contributed by atoms with Gasteiger partial charge in [-0.1, -0.05) is 338 Å². The van der Waals surface area contributed by atoms with Gasteiger partial charge in [0.25, 0.3) is 0 Å². The van der Waals surface area contributed by atoms with Gasteiger partial charge in [0, 0.05) is 25.7 Å². The lowest BCUT2D eigenvalue weighted by molar-refractivity contribution is -0.161. The van der Waals surface area contributed by atoms with Crippen molar-refractivity contribution in [2.75, 3.05) is 39.6 Å². The van der Waals surface area contributed by atoms with Crippen LogP contribution in [-0.4, -0.2) is 96.7 Å². The third kappa shape index (κ3) is 70.5. The van der Waals surface area contributed by atoms with Crippen LogP contribution in [0.1, 0.15) is 389 Å². The van der Waals surface area contributed by atoms with Gasteiger partial charge >= 0.3 is 39.5 Å². The van der Waals surface area contributed by atoms with E-state index in [1.165, 1.54) is 186 Å². The summed E-state index contributed by atoms with van der Waals surface area (Å²) in [6, 6.07) is 0. The molecule has 0 bridgehead atoms. The molecule has 0 aliphatic rings. The summed E-state index contributed by atoms with van der Waals surface area (Å²) in [5.41, 5.74) is 0. The molecule has 0 aromatic carbocycles. The van der Waals surface area contributed by atoms with Gasteiger partial charge in [0.05, 0.1) is 26.4 Å². The minimum absolute atomic E-state index is 0.104. The molecule has 0 saturated heterocycles. The maximum atomic E-state index is 13.1. The van der Waals surface area contributed by atoms with Crippen molar-refractivity contribution in [2.24, 2.45) is 23.7 Å². The number of phosphoric ester groups is 2. The number of aliphatic hydroxyl groups excluding tert-OH is 1. The highest BCUT2D eigenvalue weighted by atomic mass is 31.2. The number of esters is 4. The summed E-state index contributed by atoms with van der Waals surface area (Å²) in [5, 5.41) is 10.6. The fourth-order valence-corrected chi connectivity index (χ4v) is 13.3. The highest BCUT2D eigenvalue weighted by Gasteiger charge is 2.30. The van der Waals surface area contributed by atoms with Crippen LogP contribution in [0.4, 0.5) is 0 Å². The number of carbonyl (C=O) groups excluding carboxylic acids is 4. The number of unbranched alkanes of at least 4 members (excludes halogenated alkanes) is 40. The average molecular weight is 1410 g/mol. The van der Waals surface area contributed by atoms with Gasteiger partial charge in [0.15, 0.2) is 12.2 Å². The summed E-state index contributed by atoms with van der Waals surface area (Å²) in [6.45, 7) is 14.2. The Morgan fingerprint density at radius 1 is 0.260 bits per heavy atom. The number of ether oxygens (including phenoxy) is 4. The summed E-state index contributed by atoms with van der Waals surface area (Å²) in [6.07, 6.45) is 51.5. The molecule has 0 rings (SSSR count). The molecule has 0 fully saturated rings. The molecule has 5 atom stereocenters. The van der Waals surface area contributed by atoms with E-state index in [4.69, 9.17) is 37.0 Å². The normalized spacial score (nSPS) is 14.1. The molecule has 0 spiro atoms. The van der Waals surface area contributed by atoms with Crippen LogP contribution in [0.3, 0.4) is 0 Å². The van der Waals surface area contributed by atoms with Gasteiger partial charge in [-0.15, -0.1) is 0 Å². The van der Waals surface area contributed by atoms with Crippen molar-refractivity contribution in [2.45, 2.75) is 408 Å². The lowest BCUT2D eigenvalue weighted by atomic mass is 10.0. The molecule has 0 aliphatic heterocycles. The van der Waals surface area contributed by atoms with Crippen molar-refractivity contribution >= 4 is 39.5 Å². The number of rotatable bonds is 74. The van der Waals surface area contributed by atoms with Crippen LogP contribution < -0.4 is 0 Å². The van der Waals surface area contributed by atoms with Crippen molar-refractivity contribution in [1.29, 1.82) is 0 Å². The topological polar surface area (TPSA) is 237 Å². The Kier molecular flexibility index (Phi) is 65.0. The van der Waals surface area contributed by atoms with Crippen LogP contribution in [0.2, 0.25) is 0 Å². The standard InChI is InChI=1S/C77H150O17P2/c1-67(2)53-45-37-29-22-17-15-13-11-9-10-12-14-16-18-26-34-43-51-59-76(81)93-72(63-87-74(79)57-49-41-33-25-20-19-23-30-38-46-54-68(3)4)65-91-95(83,84)89-61-71(78)62-90-96(85,86)92-66-73(64-88-75(80)58-50-42-36-28-32-40-48-56-70(7)8)94-77(82)60-52-44-35-27-21-24-31-39-47-55-69(5)6/h67-73,78H,9-66H2,1-8H3,(H,83,84)(H,85,86)/t71?,72-,73-/m1/s1. The third-order valence-electron chi connectivity index (χ3n) is 17.8. The molecule has 570 valence electrons. The minimum Gasteiger partial charge on any atom is -0.462 e. The molecule has 19 heteroatoms. The lowest BCUT2D eigenvalue weighted by Crippen LogP contribution is -2.30. The zero-order valence-electron chi connectivity index (χ0n) is 63.0. The number of carbonyl (C=O) groups is 4. The molecule has 0 saturated carbocycles. The van der Waals surface area contributed by atoms with Crippen LogP contribution in [0.5, 0.6) is 0 Å². The molecule has 0 heterocycles. The van der Waals surface area contributed by atoms with Gasteiger partial charge < -0.3 is 33.8 Å². The first-order chi connectivity index (χ1) is 46.1. The van der Waals surface area contributed by atoms with Crippen molar-refractivity contribution < 1.29 is 80.2 Å². The number of phosphoric acid groups is 2. The zero-order chi connectivity index (χ0) is 71.0. The number of hydrogen-bond acceptors (Lipinski definition) is 15. The maximum Gasteiger partial charge on any atom is 0.472 e. The Hall–Kier alpha value is -1.94. The predicted molar refractivity (Wildman–Crippen MR) is 391 cm³/mol. The summed E-state index contributed by atoms with van der Waals surface area (Å²) >= 11 is 0. The van der Waals surface area contributed by atoms with E-state index >= 15 is 0 Å². The van der Waals surface area contributed by atoms with Gasteiger partial charge in [-0.2, -0.15) is 0 Å². The molecule has 0 aromatic heterocycles. The molecule has 0 radical (unpaired) electrons. The Morgan fingerprint density at radius 3 is 0.646 bits per heavy atom. The molecule has 0 aromatic rings. The van der Waals surface area contributed by atoms with Gasteiger partial charge in [-0.3, -0.25) is 37.3 Å². The van der Waals surface area contributed by atoms with E-state index < -0.39 is 97.5 Å². The second-order valence-corrected chi connectivity index (χ2v) is 32.6. The second kappa shape index (κ2) is 66.3. The molecule has 3 unspecified atom stereocenters. The van der Waals surface area contributed by atoms with E-state index in [1.54, 1.807) is 0 Å². The zero-order valence-corrected chi connectivity index (χ0v) is 64.8. The summed E-state index contributed by atoms with van der Waals surface area (Å²) < 4.78 is 68.5. The van der Waals surface area contributed by atoms with Crippen molar-refractivity contribution in [1.82, 2.24) is 0 Å². The molecule has 17 nitrogen and oxygen atoms in total. The fourth-order valence-electron chi connectivity index (χ4n) is 11.7. The monoisotopic (exact) mass is 1410 g/mol. The smallest absolute Gasteiger partial charge is 0.462 e. The number of aliphatic hydroxyl groups is 1. The average Bonchev–Trinajstić information content (AvgIpc) is 1.66. The molecular weight excluding hydrogens is 1260 g/mol. The van der Waals surface area contributed by atoms with Gasteiger partial charge in [-0.25, -0.2) is 9.13 Å². The van der Waals surface area contributed by atoms with E-state index in [-0.39, 0.29) is 25.7 Å². The van der Waals surface area contributed by atoms with Crippen LogP contribution >= 0.6 is 15.6 Å². The van der Waals surface area contributed by atoms with Crippen molar-refractivity contribution in [3.63, 3.8) is 0 Å². The van der Waals surface area contributed by atoms with Crippen molar-refractivity contribution in [3.05, 3.63) is 0 Å². The summed E-state index contributed by atoms with van der Waals surface area (Å²) in [7, 11) is -9.91.